The van der Waals surface area contributed by atoms with Crippen LogP contribution >= 0.6 is 0 Å². The van der Waals surface area contributed by atoms with Crippen molar-refractivity contribution >= 4 is 17.3 Å². The van der Waals surface area contributed by atoms with Crippen molar-refractivity contribution in [1.29, 1.82) is 0 Å². The van der Waals surface area contributed by atoms with Gasteiger partial charge in [0, 0.05) is 37.3 Å². The fourth-order valence-electron chi connectivity index (χ4n) is 4.54. The lowest BCUT2D eigenvalue weighted by Crippen LogP contribution is -2.46. The maximum Gasteiger partial charge on any atom is 0.417 e. The number of nitrogens with zero attached hydrogens (tertiary/aromatic N) is 3. The van der Waals surface area contributed by atoms with Crippen molar-refractivity contribution < 1.29 is 36.2 Å². The predicted octanol–water partition coefficient (Wildman–Crippen LogP) is 3.58. The second kappa shape index (κ2) is 7.61. The minimum atomic E-state index is -4.77. The molecule has 0 saturated carbocycles. The molecule has 0 radical (unpaired) electrons. The zero-order valence-electron chi connectivity index (χ0n) is 16.2. The van der Waals surface area contributed by atoms with Gasteiger partial charge in [-0.3, -0.25) is 9.79 Å². The van der Waals surface area contributed by atoms with Gasteiger partial charge in [0.05, 0.1) is 12.1 Å². The first kappa shape index (κ1) is 21.8. The Hall–Kier alpha value is -2.43. The van der Waals surface area contributed by atoms with Crippen molar-refractivity contribution in [3.8, 4) is 0 Å². The normalized spacial score (nSPS) is 25.7. The number of aliphatic imine (C=N–C) groups is 1. The van der Waals surface area contributed by atoms with Crippen LogP contribution in [-0.4, -0.2) is 53.5 Å². The summed E-state index contributed by atoms with van der Waals surface area (Å²) in [5.41, 5.74) is -0.288. The molecule has 168 valence electrons. The average molecular weight is 447 g/mol. The number of anilines is 1. The first-order valence-electron chi connectivity index (χ1n) is 9.79. The number of aromatic nitrogens is 1. The molecule has 3 heterocycles. The molecule has 1 aliphatic carbocycles. The summed E-state index contributed by atoms with van der Waals surface area (Å²) in [5.74, 6) is -3.03. The number of halogens is 6. The Morgan fingerprint density at radius 2 is 1.74 bits per heavy atom. The van der Waals surface area contributed by atoms with Crippen molar-refractivity contribution in [2.75, 3.05) is 24.5 Å². The molecular formula is C20H19F6N3O2. The number of ketones is 1. The molecule has 0 bridgehead atoms. The summed E-state index contributed by atoms with van der Waals surface area (Å²) in [7, 11) is 0. The van der Waals surface area contributed by atoms with Crippen LogP contribution in [0.5, 0.6) is 0 Å². The first-order chi connectivity index (χ1) is 14.5. The number of rotatable bonds is 2. The molecule has 0 aromatic carbocycles. The van der Waals surface area contributed by atoms with Crippen molar-refractivity contribution in [2.45, 2.75) is 37.7 Å². The number of pyridine rings is 1. The van der Waals surface area contributed by atoms with Gasteiger partial charge in [-0.05, 0) is 36.1 Å². The van der Waals surface area contributed by atoms with Crippen LogP contribution in [0.4, 0.5) is 32.2 Å². The van der Waals surface area contributed by atoms with Gasteiger partial charge in [0.1, 0.15) is 17.8 Å². The van der Waals surface area contributed by atoms with E-state index in [0.717, 1.165) is 12.3 Å². The lowest BCUT2D eigenvalue weighted by molar-refractivity contribution is -0.190. The van der Waals surface area contributed by atoms with Gasteiger partial charge in [0.15, 0.2) is 5.78 Å². The first-order valence-corrected chi connectivity index (χ1v) is 9.79. The minimum Gasteiger partial charge on any atom is -0.384 e. The summed E-state index contributed by atoms with van der Waals surface area (Å²) >= 11 is 0. The zero-order valence-corrected chi connectivity index (χ0v) is 16.2. The lowest BCUT2D eigenvalue weighted by Gasteiger charge is -2.36. The van der Waals surface area contributed by atoms with Crippen LogP contribution in [0.15, 0.2) is 34.5 Å². The van der Waals surface area contributed by atoms with Gasteiger partial charge < -0.3 is 10.0 Å². The molecule has 2 atom stereocenters. The van der Waals surface area contributed by atoms with E-state index in [1.165, 1.54) is 6.07 Å². The van der Waals surface area contributed by atoms with Crippen LogP contribution < -0.4 is 4.90 Å². The Morgan fingerprint density at radius 1 is 1.06 bits per heavy atom. The summed E-state index contributed by atoms with van der Waals surface area (Å²) < 4.78 is 79.0. The average Bonchev–Trinajstić information content (AvgIpc) is 3.10. The second-order valence-electron chi connectivity index (χ2n) is 7.99. The molecule has 1 aromatic rings. The Labute approximate surface area is 173 Å². The highest BCUT2D eigenvalue weighted by Gasteiger charge is 2.54. The van der Waals surface area contributed by atoms with Gasteiger partial charge in [-0.15, -0.1) is 0 Å². The molecule has 5 nitrogen and oxygen atoms in total. The summed E-state index contributed by atoms with van der Waals surface area (Å²) in [6.07, 6.45) is -9.98. The fraction of sp³-hybridized carbons (Fsp3) is 0.550. The summed E-state index contributed by atoms with van der Waals surface area (Å²) in [4.78, 5) is 21.8. The number of carbonyl (C=O) groups is 1. The maximum atomic E-state index is 13.6. The molecule has 4 rings (SSSR count). The molecule has 31 heavy (non-hydrogen) atoms. The van der Waals surface area contributed by atoms with Gasteiger partial charge in [0.2, 0.25) is 0 Å². The van der Waals surface area contributed by atoms with Crippen LogP contribution in [0.25, 0.3) is 0 Å². The molecule has 11 heteroatoms. The van der Waals surface area contributed by atoms with E-state index in [1.54, 1.807) is 4.90 Å². The van der Waals surface area contributed by atoms with E-state index < -0.39 is 35.7 Å². The van der Waals surface area contributed by atoms with E-state index in [2.05, 4.69) is 9.98 Å². The number of carbonyl (C=O) groups excluding carboxylic acids is 1. The summed E-state index contributed by atoms with van der Waals surface area (Å²) in [6, 6.07) is 2.22. The Balaban J connectivity index is 1.48. The largest absolute Gasteiger partial charge is 0.417 e. The van der Waals surface area contributed by atoms with Crippen LogP contribution in [-0.2, 0) is 11.0 Å². The molecule has 0 amide bonds. The molecule has 1 N–H and O–H groups in total. The highest BCUT2D eigenvalue weighted by molar-refractivity contribution is 6.08. The quantitative estimate of drug-likeness (QED) is 0.704. The van der Waals surface area contributed by atoms with Crippen molar-refractivity contribution in [3.63, 3.8) is 0 Å². The molecule has 1 fully saturated rings. The maximum absolute atomic E-state index is 13.6. The second-order valence-corrected chi connectivity index (χ2v) is 7.99. The predicted molar refractivity (Wildman–Crippen MR) is 98.7 cm³/mol. The van der Waals surface area contributed by atoms with E-state index in [-0.39, 0.29) is 24.5 Å². The number of aliphatic hydroxyl groups is 1. The summed E-state index contributed by atoms with van der Waals surface area (Å²) in [5, 5.41) is 9.95. The minimum absolute atomic E-state index is 0.0242. The SMILES string of the molecule is O=C1CC2=C(C(C3CCN(c4ccc(C(F)(F)F)cn4)CC3)=NC2)[C@H](C(F)(F)F)[C@@H]1O. The van der Waals surface area contributed by atoms with Crippen molar-refractivity contribution in [2.24, 2.45) is 16.8 Å². The number of alkyl halides is 6. The molecule has 0 unspecified atom stereocenters. The van der Waals surface area contributed by atoms with Gasteiger partial charge >= 0.3 is 12.4 Å². The number of piperidine rings is 1. The Morgan fingerprint density at radius 3 is 2.29 bits per heavy atom. The van der Waals surface area contributed by atoms with Gasteiger partial charge in [-0.25, -0.2) is 4.98 Å². The van der Waals surface area contributed by atoms with Gasteiger partial charge in [-0.1, -0.05) is 0 Å². The third-order valence-electron chi connectivity index (χ3n) is 6.07. The zero-order chi connectivity index (χ0) is 22.6. The standard InChI is InChI=1S/C20H19F6N3O2/c21-19(22,23)12-1-2-14(27-9-12)29-5-3-10(4-6-29)17-15-11(8-28-17)7-13(30)18(31)16(15)20(24,25)26/h1-2,9-10,16,18,31H,3-8H2/t16-,18+/m0/s1. The van der Waals surface area contributed by atoms with Crippen LogP contribution in [0.1, 0.15) is 24.8 Å². The highest BCUT2D eigenvalue weighted by atomic mass is 19.4. The van der Waals surface area contributed by atoms with E-state index in [4.69, 9.17) is 0 Å². The van der Waals surface area contributed by atoms with Crippen molar-refractivity contribution in [3.05, 3.63) is 35.0 Å². The van der Waals surface area contributed by atoms with Gasteiger partial charge in [0.25, 0.3) is 0 Å². The van der Waals surface area contributed by atoms with Crippen LogP contribution in [0.2, 0.25) is 0 Å². The van der Waals surface area contributed by atoms with E-state index in [9.17, 15) is 36.2 Å². The molecule has 1 saturated heterocycles. The number of aliphatic hydroxyl groups excluding tert-OH is 1. The lowest BCUT2D eigenvalue weighted by atomic mass is 9.74. The molecule has 0 spiro atoms. The Kier molecular flexibility index (Phi) is 5.35. The van der Waals surface area contributed by atoms with Crippen molar-refractivity contribution in [1.82, 2.24) is 4.98 Å². The van der Waals surface area contributed by atoms with Crippen LogP contribution in [0.3, 0.4) is 0 Å². The summed E-state index contributed by atoms with van der Waals surface area (Å²) in [6.45, 7) is 0.808. The Bertz CT molecular complexity index is 928. The smallest absolute Gasteiger partial charge is 0.384 e. The highest BCUT2D eigenvalue weighted by Crippen LogP contribution is 2.45. The molecule has 2 aliphatic heterocycles. The monoisotopic (exact) mass is 447 g/mol. The topological polar surface area (TPSA) is 65.8 Å². The van der Waals surface area contributed by atoms with E-state index in [0.29, 0.717) is 43.0 Å². The van der Waals surface area contributed by atoms with E-state index in [1.807, 2.05) is 0 Å². The van der Waals surface area contributed by atoms with Gasteiger partial charge in [-0.2, -0.15) is 26.3 Å². The number of Topliss-reactive ketones (excluding diaryl/α,β-unsaturated/α-hetero) is 1. The molecule has 3 aliphatic rings. The molecule has 1 aromatic heterocycles. The van der Waals surface area contributed by atoms with E-state index >= 15 is 0 Å². The third-order valence-corrected chi connectivity index (χ3v) is 6.07. The number of hydrogen-bond acceptors (Lipinski definition) is 5. The fourth-order valence-corrected chi connectivity index (χ4v) is 4.54. The third kappa shape index (κ3) is 4.07. The molecular weight excluding hydrogens is 428 g/mol. The van der Waals surface area contributed by atoms with Crippen LogP contribution in [0, 0.1) is 11.8 Å². The number of hydrogen-bond donors (Lipinski definition) is 1.